The molecule has 2 aliphatic rings. The predicted molar refractivity (Wildman–Crippen MR) is 90.3 cm³/mol. The first-order valence-corrected chi connectivity index (χ1v) is 8.59. The molecule has 1 saturated carbocycles. The molecule has 1 saturated heterocycles. The van der Waals surface area contributed by atoms with Crippen molar-refractivity contribution in [1.82, 2.24) is 5.32 Å². The summed E-state index contributed by atoms with van der Waals surface area (Å²) in [4.78, 5) is 35.5. The average molecular weight is 346 g/mol. The van der Waals surface area contributed by atoms with Gasteiger partial charge in [0.05, 0.1) is 5.92 Å². The lowest BCUT2D eigenvalue weighted by atomic mass is 10.1. The van der Waals surface area contributed by atoms with Gasteiger partial charge in [0, 0.05) is 23.9 Å². The molecule has 0 aromatic heterocycles. The summed E-state index contributed by atoms with van der Waals surface area (Å²) in [6.45, 7) is 0.596. The van der Waals surface area contributed by atoms with Gasteiger partial charge in [0.1, 0.15) is 6.10 Å². The minimum atomic E-state index is -0.810. The summed E-state index contributed by atoms with van der Waals surface area (Å²) < 4.78 is 5.34. The summed E-state index contributed by atoms with van der Waals surface area (Å²) in [5.41, 5.74) is 0.979. The molecule has 1 heterocycles. The van der Waals surface area contributed by atoms with Crippen molar-refractivity contribution in [1.29, 1.82) is 0 Å². The third kappa shape index (κ3) is 4.36. The molecule has 3 atom stereocenters. The van der Waals surface area contributed by atoms with Crippen LogP contribution in [0.1, 0.15) is 42.5 Å². The van der Waals surface area contributed by atoms with Crippen LogP contribution in [0.2, 0.25) is 0 Å². The summed E-state index contributed by atoms with van der Waals surface area (Å²) in [5.74, 6) is -1.66. The van der Waals surface area contributed by atoms with Crippen LogP contribution in [0.5, 0.6) is 0 Å². The Kier molecular flexibility index (Phi) is 5.33. The molecule has 2 fully saturated rings. The van der Waals surface area contributed by atoms with Gasteiger partial charge in [0.25, 0.3) is 11.8 Å². The maximum absolute atomic E-state index is 12.4. The van der Waals surface area contributed by atoms with Crippen LogP contribution >= 0.6 is 0 Å². The number of anilines is 1. The molecule has 1 aliphatic carbocycles. The van der Waals surface area contributed by atoms with E-state index in [0.717, 1.165) is 6.42 Å². The van der Waals surface area contributed by atoms with Gasteiger partial charge in [-0.25, -0.2) is 0 Å². The molecule has 3 N–H and O–H groups in total. The molecule has 7 nitrogen and oxygen atoms in total. The Morgan fingerprint density at radius 1 is 1.16 bits per heavy atom. The number of aliphatic carboxylic acids is 1. The molecule has 7 heteroatoms. The number of carboxylic acids is 1. The molecule has 25 heavy (non-hydrogen) atoms. The van der Waals surface area contributed by atoms with Gasteiger partial charge in [0.15, 0.2) is 0 Å². The highest BCUT2D eigenvalue weighted by Gasteiger charge is 2.30. The van der Waals surface area contributed by atoms with Gasteiger partial charge in [-0.1, -0.05) is 6.07 Å². The molecule has 1 aromatic rings. The van der Waals surface area contributed by atoms with E-state index in [9.17, 15) is 14.4 Å². The number of carbonyl (C=O) groups excluding carboxylic acids is 2. The Bertz CT molecular complexity index is 669. The second-order valence-electron chi connectivity index (χ2n) is 6.59. The van der Waals surface area contributed by atoms with E-state index in [-0.39, 0.29) is 23.8 Å². The molecule has 1 aliphatic heterocycles. The number of carboxylic acid groups (broad SMARTS) is 1. The monoisotopic (exact) mass is 346 g/mol. The molecule has 0 bridgehead atoms. The quantitative estimate of drug-likeness (QED) is 0.754. The highest BCUT2D eigenvalue weighted by Crippen LogP contribution is 2.26. The fourth-order valence-corrected chi connectivity index (χ4v) is 3.35. The van der Waals surface area contributed by atoms with E-state index in [1.165, 1.54) is 0 Å². The van der Waals surface area contributed by atoms with Crippen LogP contribution in [-0.2, 0) is 14.3 Å². The van der Waals surface area contributed by atoms with Crippen molar-refractivity contribution < 1.29 is 24.2 Å². The van der Waals surface area contributed by atoms with Crippen LogP contribution in [0.3, 0.4) is 0 Å². The highest BCUT2D eigenvalue weighted by molar-refractivity contribution is 5.98. The zero-order valence-electron chi connectivity index (χ0n) is 13.9. The fourth-order valence-electron chi connectivity index (χ4n) is 3.35. The van der Waals surface area contributed by atoms with Crippen molar-refractivity contribution in [3.05, 3.63) is 29.8 Å². The Balaban J connectivity index is 1.58. The van der Waals surface area contributed by atoms with E-state index in [1.54, 1.807) is 24.3 Å². The minimum Gasteiger partial charge on any atom is -0.481 e. The maximum atomic E-state index is 12.4. The standard InChI is InChI=1S/C18H22N2O5/c21-16(19-14-7-6-12(10-14)18(23)24)11-3-1-4-13(9-11)20-17(22)15-5-2-8-25-15/h1,3-4,9,12,14-15H,2,5-8,10H2,(H,19,21)(H,20,22)(H,23,24)/t12-,14+,15+/m0/s1. The Labute approximate surface area is 145 Å². The number of hydrogen-bond acceptors (Lipinski definition) is 4. The third-order valence-electron chi connectivity index (χ3n) is 4.73. The first kappa shape index (κ1) is 17.4. The van der Waals surface area contributed by atoms with Crippen LogP contribution in [0.25, 0.3) is 0 Å². The van der Waals surface area contributed by atoms with E-state index in [2.05, 4.69) is 10.6 Å². The summed E-state index contributed by atoms with van der Waals surface area (Å²) in [5, 5.41) is 14.7. The molecular weight excluding hydrogens is 324 g/mol. The van der Waals surface area contributed by atoms with Gasteiger partial charge in [-0.2, -0.15) is 0 Å². The average Bonchev–Trinajstić information content (AvgIpc) is 3.27. The number of rotatable bonds is 5. The van der Waals surface area contributed by atoms with Crippen molar-refractivity contribution in [2.45, 2.75) is 44.2 Å². The van der Waals surface area contributed by atoms with E-state index in [1.807, 2.05) is 0 Å². The zero-order valence-corrected chi connectivity index (χ0v) is 13.9. The van der Waals surface area contributed by atoms with Crippen molar-refractivity contribution in [2.75, 3.05) is 11.9 Å². The number of benzene rings is 1. The second kappa shape index (κ2) is 7.65. The molecule has 1 aromatic carbocycles. The summed E-state index contributed by atoms with van der Waals surface area (Å²) in [6, 6.07) is 6.58. The van der Waals surface area contributed by atoms with E-state index >= 15 is 0 Å². The normalized spacial score (nSPS) is 25.5. The molecule has 3 rings (SSSR count). The summed E-state index contributed by atoms with van der Waals surface area (Å²) in [7, 11) is 0. The lowest BCUT2D eigenvalue weighted by Crippen LogP contribution is -2.33. The van der Waals surface area contributed by atoms with Crippen molar-refractivity contribution in [3.63, 3.8) is 0 Å². The summed E-state index contributed by atoms with van der Waals surface area (Å²) >= 11 is 0. The predicted octanol–water partition coefficient (Wildman–Crippen LogP) is 1.79. The molecule has 0 radical (unpaired) electrons. The Hall–Kier alpha value is -2.41. The van der Waals surface area contributed by atoms with Crippen LogP contribution in [-0.4, -0.2) is 41.6 Å². The smallest absolute Gasteiger partial charge is 0.306 e. The largest absolute Gasteiger partial charge is 0.481 e. The second-order valence-corrected chi connectivity index (χ2v) is 6.59. The minimum absolute atomic E-state index is 0.126. The zero-order chi connectivity index (χ0) is 17.8. The first-order valence-electron chi connectivity index (χ1n) is 8.59. The number of ether oxygens (including phenoxy) is 1. The number of amides is 2. The van der Waals surface area contributed by atoms with Gasteiger partial charge < -0.3 is 20.5 Å². The molecule has 134 valence electrons. The van der Waals surface area contributed by atoms with Crippen molar-refractivity contribution in [2.24, 2.45) is 5.92 Å². The van der Waals surface area contributed by atoms with E-state index < -0.39 is 12.1 Å². The van der Waals surface area contributed by atoms with Crippen LogP contribution in [0, 0.1) is 5.92 Å². The van der Waals surface area contributed by atoms with Gasteiger partial charge in [-0.15, -0.1) is 0 Å². The van der Waals surface area contributed by atoms with E-state index in [0.29, 0.717) is 43.5 Å². The first-order chi connectivity index (χ1) is 12.0. The Morgan fingerprint density at radius 3 is 2.68 bits per heavy atom. The van der Waals surface area contributed by atoms with Crippen LogP contribution in [0.15, 0.2) is 24.3 Å². The van der Waals surface area contributed by atoms with Gasteiger partial charge in [0.2, 0.25) is 0 Å². The molecule has 0 unspecified atom stereocenters. The molecular formula is C18H22N2O5. The fraction of sp³-hybridized carbons (Fsp3) is 0.500. The molecule has 0 spiro atoms. The third-order valence-corrected chi connectivity index (χ3v) is 4.73. The van der Waals surface area contributed by atoms with Gasteiger partial charge in [-0.3, -0.25) is 14.4 Å². The Morgan fingerprint density at radius 2 is 2.00 bits per heavy atom. The lowest BCUT2D eigenvalue weighted by Gasteiger charge is -2.14. The van der Waals surface area contributed by atoms with E-state index in [4.69, 9.17) is 9.84 Å². The number of nitrogens with one attached hydrogen (secondary N) is 2. The van der Waals surface area contributed by atoms with Gasteiger partial charge in [-0.05, 0) is 50.3 Å². The molecule has 2 amide bonds. The van der Waals surface area contributed by atoms with Crippen LogP contribution in [0.4, 0.5) is 5.69 Å². The number of hydrogen-bond donors (Lipinski definition) is 3. The van der Waals surface area contributed by atoms with Crippen molar-refractivity contribution >= 4 is 23.5 Å². The lowest BCUT2D eigenvalue weighted by molar-refractivity contribution is -0.141. The highest BCUT2D eigenvalue weighted by atomic mass is 16.5. The topological polar surface area (TPSA) is 105 Å². The van der Waals surface area contributed by atoms with Crippen molar-refractivity contribution in [3.8, 4) is 0 Å². The SMILES string of the molecule is O=C(N[C@@H]1CC[C@H](C(=O)O)C1)c1cccc(NC(=O)[C@H]2CCCO2)c1. The van der Waals surface area contributed by atoms with Gasteiger partial charge >= 0.3 is 5.97 Å². The van der Waals surface area contributed by atoms with Crippen LogP contribution < -0.4 is 10.6 Å². The maximum Gasteiger partial charge on any atom is 0.306 e. The summed E-state index contributed by atoms with van der Waals surface area (Å²) in [6.07, 6.45) is 2.85. The number of carbonyl (C=O) groups is 3.